The molecule has 1 fully saturated rings. The average molecular weight is 345 g/mol. The molecule has 0 bridgehead atoms. The summed E-state index contributed by atoms with van der Waals surface area (Å²) in [7, 11) is 1.95. The van der Waals surface area contributed by atoms with Crippen LogP contribution in [-0.4, -0.2) is 32.3 Å². The minimum absolute atomic E-state index is 0.253. The highest BCUT2D eigenvalue weighted by molar-refractivity contribution is 7.17. The molecule has 1 saturated heterocycles. The first kappa shape index (κ1) is 15.8. The number of hydrogen-bond donors (Lipinski definition) is 1. The highest BCUT2D eigenvalue weighted by Crippen LogP contribution is 2.35. The number of ether oxygens (including phenoxy) is 1. The summed E-state index contributed by atoms with van der Waals surface area (Å²) < 4.78 is 10.2. The number of fused-ring (bicyclic) bond motifs is 1. The molecule has 1 N–H and O–H groups in total. The Hall–Kier alpha value is -1.70. The second-order valence-corrected chi connectivity index (χ2v) is 7.80. The van der Waals surface area contributed by atoms with Crippen LogP contribution in [0.4, 0.5) is 0 Å². The second kappa shape index (κ2) is 5.98. The van der Waals surface area contributed by atoms with Crippen molar-refractivity contribution in [3.8, 4) is 0 Å². The van der Waals surface area contributed by atoms with Gasteiger partial charge in [-0.15, -0.1) is 11.3 Å². The minimum Gasteiger partial charge on any atom is -0.369 e. The summed E-state index contributed by atoms with van der Waals surface area (Å²) in [6, 6.07) is 0. The van der Waals surface area contributed by atoms with Crippen molar-refractivity contribution in [2.75, 3.05) is 13.2 Å². The van der Waals surface area contributed by atoms with Gasteiger partial charge in [0, 0.05) is 49.6 Å². The molecule has 128 valence electrons. The van der Waals surface area contributed by atoms with Crippen molar-refractivity contribution < 1.29 is 4.74 Å². The Balaban J connectivity index is 1.51. The molecule has 0 spiro atoms. The second-order valence-electron chi connectivity index (χ2n) is 6.59. The van der Waals surface area contributed by atoms with Gasteiger partial charge >= 0.3 is 0 Å². The van der Waals surface area contributed by atoms with E-state index in [0.717, 1.165) is 48.8 Å². The average Bonchev–Trinajstić information content (AvgIpc) is 3.27. The summed E-state index contributed by atoms with van der Waals surface area (Å²) in [5, 5.41) is 7.92. The maximum atomic E-state index is 6.15. The summed E-state index contributed by atoms with van der Waals surface area (Å²) in [4.78, 5) is 7.01. The Bertz CT molecular complexity index is 856. The van der Waals surface area contributed by atoms with Crippen molar-refractivity contribution in [3.05, 3.63) is 40.4 Å². The molecular formula is C17H23N5OS. The van der Waals surface area contributed by atoms with E-state index in [4.69, 9.17) is 4.74 Å². The predicted octanol–water partition coefficient (Wildman–Crippen LogP) is 2.54. The predicted molar refractivity (Wildman–Crippen MR) is 94.3 cm³/mol. The fraction of sp³-hybridized carbons (Fsp3) is 0.529. The van der Waals surface area contributed by atoms with E-state index in [9.17, 15) is 0 Å². The van der Waals surface area contributed by atoms with Crippen LogP contribution in [-0.2, 0) is 23.9 Å². The molecule has 0 aromatic carbocycles. The van der Waals surface area contributed by atoms with Gasteiger partial charge in [0.1, 0.15) is 5.60 Å². The topological polar surface area (TPSA) is 56.4 Å². The van der Waals surface area contributed by atoms with E-state index in [1.807, 2.05) is 17.9 Å². The molecule has 4 rings (SSSR count). The van der Waals surface area contributed by atoms with Gasteiger partial charge in [0.05, 0.1) is 17.6 Å². The van der Waals surface area contributed by atoms with Crippen LogP contribution in [0.5, 0.6) is 0 Å². The lowest BCUT2D eigenvalue weighted by molar-refractivity contribution is 0.000488. The smallest absolute Gasteiger partial charge is 0.194 e. The highest BCUT2D eigenvalue weighted by Gasteiger charge is 2.37. The van der Waals surface area contributed by atoms with E-state index in [1.165, 1.54) is 10.6 Å². The first-order chi connectivity index (χ1) is 11.6. The zero-order valence-electron chi connectivity index (χ0n) is 14.4. The zero-order valence-corrected chi connectivity index (χ0v) is 15.2. The van der Waals surface area contributed by atoms with E-state index in [1.54, 1.807) is 11.3 Å². The molecular weight excluding hydrogens is 322 g/mol. The normalized spacial score (nSPS) is 21.1. The van der Waals surface area contributed by atoms with E-state index < -0.39 is 0 Å². The summed E-state index contributed by atoms with van der Waals surface area (Å²) in [6.45, 7) is 6.59. The standard InChI is InChI=1S/C17H23N5OS/c1-12-9-22-15(13(2)20-16(22)24-12)8-18-11-17(5-4-6-23-17)14-7-19-21(3)10-14/h7,9-10,18H,4-6,8,11H2,1-3H3. The first-order valence-electron chi connectivity index (χ1n) is 8.35. The van der Waals surface area contributed by atoms with Gasteiger partial charge in [-0.3, -0.25) is 9.08 Å². The maximum absolute atomic E-state index is 6.15. The van der Waals surface area contributed by atoms with E-state index in [0.29, 0.717) is 0 Å². The zero-order chi connectivity index (χ0) is 16.7. The Morgan fingerprint density at radius 3 is 2.96 bits per heavy atom. The Labute approximate surface area is 145 Å². The van der Waals surface area contributed by atoms with Crippen LogP contribution < -0.4 is 5.32 Å². The number of nitrogens with one attached hydrogen (secondary N) is 1. The lowest BCUT2D eigenvalue weighted by Gasteiger charge is -2.27. The monoisotopic (exact) mass is 345 g/mol. The van der Waals surface area contributed by atoms with Gasteiger partial charge in [-0.2, -0.15) is 5.10 Å². The van der Waals surface area contributed by atoms with E-state index in [2.05, 4.69) is 46.0 Å². The van der Waals surface area contributed by atoms with E-state index >= 15 is 0 Å². The van der Waals surface area contributed by atoms with Gasteiger partial charge in [-0.05, 0) is 26.7 Å². The molecule has 24 heavy (non-hydrogen) atoms. The van der Waals surface area contributed by atoms with Crippen LogP contribution in [0.2, 0.25) is 0 Å². The van der Waals surface area contributed by atoms with Crippen molar-refractivity contribution >= 4 is 16.3 Å². The van der Waals surface area contributed by atoms with Crippen molar-refractivity contribution in [1.29, 1.82) is 0 Å². The molecule has 7 heteroatoms. The van der Waals surface area contributed by atoms with Gasteiger partial charge < -0.3 is 10.1 Å². The minimum atomic E-state index is -0.253. The molecule has 4 heterocycles. The number of rotatable bonds is 5. The van der Waals surface area contributed by atoms with Crippen molar-refractivity contribution in [2.45, 2.75) is 38.8 Å². The van der Waals surface area contributed by atoms with E-state index in [-0.39, 0.29) is 5.60 Å². The van der Waals surface area contributed by atoms with Gasteiger partial charge in [0.25, 0.3) is 0 Å². The molecule has 0 amide bonds. The Morgan fingerprint density at radius 2 is 2.25 bits per heavy atom. The molecule has 0 radical (unpaired) electrons. The first-order valence-corrected chi connectivity index (χ1v) is 9.17. The van der Waals surface area contributed by atoms with Gasteiger partial charge in [0.15, 0.2) is 4.96 Å². The lowest BCUT2D eigenvalue weighted by atomic mass is 9.93. The van der Waals surface area contributed by atoms with Gasteiger partial charge in [0.2, 0.25) is 0 Å². The lowest BCUT2D eigenvalue weighted by Crippen LogP contribution is -2.37. The summed E-state index contributed by atoms with van der Waals surface area (Å²) in [5.41, 5.74) is 3.23. The fourth-order valence-corrected chi connectivity index (χ4v) is 4.42. The van der Waals surface area contributed by atoms with Crippen LogP contribution in [0.15, 0.2) is 18.6 Å². The number of aryl methyl sites for hydroxylation is 3. The largest absolute Gasteiger partial charge is 0.369 e. The molecule has 1 aliphatic heterocycles. The summed E-state index contributed by atoms with van der Waals surface area (Å²) in [6.07, 6.45) is 8.29. The molecule has 0 saturated carbocycles. The SMILES string of the molecule is Cc1cn2c(CNCC3(c4cnn(C)c4)CCCO3)c(C)nc2s1. The van der Waals surface area contributed by atoms with Crippen LogP contribution in [0.25, 0.3) is 4.96 Å². The van der Waals surface area contributed by atoms with Gasteiger partial charge in [-0.1, -0.05) is 0 Å². The Morgan fingerprint density at radius 1 is 1.38 bits per heavy atom. The molecule has 3 aromatic rings. The number of hydrogen-bond acceptors (Lipinski definition) is 5. The molecule has 3 aromatic heterocycles. The quantitative estimate of drug-likeness (QED) is 0.772. The molecule has 1 unspecified atom stereocenters. The number of thiazole rings is 1. The third-order valence-electron chi connectivity index (χ3n) is 4.78. The third kappa shape index (κ3) is 2.66. The third-order valence-corrected chi connectivity index (χ3v) is 5.68. The van der Waals surface area contributed by atoms with Crippen molar-refractivity contribution in [1.82, 2.24) is 24.5 Å². The van der Waals surface area contributed by atoms with Crippen LogP contribution in [0, 0.1) is 13.8 Å². The number of aromatic nitrogens is 4. The molecule has 1 atom stereocenters. The summed E-state index contributed by atoms with van der Waals surface area (Å²) in [5.74, 6) is 0. The molecule has 0 aliphatic carbocycles. The van der Waals surface area contributed by atoms with Crippen LogP contribution in [0.3, 0.4) is 0 Å². The van der Waals surface area contributed by atoms with Crippen LogP contribution >= 0.6 is 11.3 Å². The Kier molecular flexibility index (Phi) is 3.94. The van der Waals surface area contributed by atoms with Crippen molar-refractivity contribution in [3.63, 3.8) is 0 Å². The molecule has 1 aliphatic rings. The maximum Gasteiger partial charge on any atom is 0.194 e. The number of nitrogens with zero attached hydrogens (tertiary/aromatic N) is 4. The molecule has 6 nitrogen and oxygen atoms in total. The highest BCUT2D eigenvalue weighted by atomic mass is 32.1. The number of imidazole rings is 1. The fourth-order valence-electron chi connectivity index (χ4n) is 3.53. The summed E-state index contributed by atoms with van der Waals surface area (Å²) >= 11 is 1.73. The van der Waals surface area contributed by atoms with Gasteiger partial charge in [-0.25, -0.2) is 4.98 Å². The van der Waals surface area contributed by atoms with Crippen LogP contribution in [0.1, 0.15) is 34.7 Å². The van der Waals surface area contributed by atoms with Crippen molar-refractivity contribution in [2.24, 2.45) is 7.05 Å².